The zero-order valence-corrected chi connectivity index (χ0v) is 20.8. The fourth-order valence-electron chi connectivity index (χ4n) is 3.11. The minimum atomic E-state index is -0.312. The molecular weight excluding hydrogens is 483 g/mol. The average Bonchev–Trinajstić information content (AvgIpc) is 2.78. The van der Waals surface area contributed by atoms with Gasteiger partial charge in [0.25, 0.3) is 0 Å². The summed E-state index contributed by atoms with van der Waals surface area (Å²) in [6.07, 6.45) is 0.466. The Balaban J connectivity index is 0.000000623. The second kappa shape index (κ2) is 17.9. The fraction of sp³-hybridized carbons (Fsp3) is 0.417. The second-order valence-corrected chi connectivity index (χ2v) is 7.98. The monoisotopic (exact) mass is 514 g/mol. The fourth-order valence-corrected chi connectivity index (χ4v) is 3.51. The van der Waals surface area contributed by atoms with Gasteiger partial charge in [-0.2, -0.15) is 0 Å². The first kappa shape index (κ1) is 31.5. The van der Waals surface area contributed by atoms with Gasteiger partial charge in [0.05, 0.1) is 32.0 Å². The Kier molecular flexibility index (Phi) is 16.6. The molecule has 10 heteroatoms. The van der Waals surface area contributed by atoms with Crippen molar-refractivity contribution >= 4 is 35.1 Å². The zero-order valence-electron chi connectivity index (χ0n) is 19.3. The molecule has 188 valence electrons. The lowest BCUT2D eigenvalue weighted by molar-refractivity contribution is -0.484. The Labute approximate surface area is 210 Å². The summed E-state index contributed by atoms with van der Waals surface area (Å²) in [5, 5.41) is 3.07. The number of carbonyl (C=O) groups excluding carboxylic acids is 2. The van der Waals surface area contributed by atoms with E-state index in [2.05, 4.69) is 0 Å². The van der Waals surface area contributed by atoms with E-state index in [1.165, 1.54) is 0 Å². The standard InChI is InChI=1S/C12H14ClNO3.C12H16ClNO2.H2O/c1-2-17-12(15)7-10(8-14-16)9-4-3-5-11(13)6-9;1-2-16-12(15)7-10(8-14)9-4-3-5-11(13)6-9;/h3-6,10H,2,7-8H2,1H3;3-6,10H,2,7-8,14H2,1H3;1H2. The van der Waals surface area contributed by atoms with Gasteiger partial charge in [0, 0.05) is 20.9 Å². The molecule has 2 rings (SSSR count). The van der Waals surface area contributed by atoms with Crippen LogP contribution in [0.5, 0.6) is 0 Å². The summed E-state index contributed by atoms with van der Waals surface area (Å²) in [5.41, 5.74) is 7.48. The third kappa shape index (κ3) is 12.1. The van der Waals surface area contributed by atoms with Gasteiger partial charge in [-0.25, -0.2) is 0 Å². The summed E-state index contributed by atoms with van der Waals surface area (Å²) >= 11 is 11.8. The van der Waals surface area contributed by atoms with Crippen molar-refractivity contribution in [1.82, 2.24) is 0 Å². The van der Waals surface area contributed by atoms with Crippen LogP contribution in [0.3, 0.4) is 0 Å². The van der Waals surface area contributed by atoms with Crippen molar-refractivity contribution in [3.63, 3.8) is 0 Å². The van der Waals surface area contributed by atoms with Crippen molar-refractivity contribution in [2.24, 2.45) is 5.73 Å². The molecule has 0 amide bonds. The molecule has 4 N–H and O–H groups in total. The molecule has 0 aliphatic rings. The molecule has 0 aromatic heterocycles. The third-order valence-corrected chi connectivity index (χ3v) is 5.16. The average molecular weight is 515 g/mol. The lowest BCUT2D eigenvalue weighted by Gasteiger charge is -2.14. The van der Waals surface area contributed by atoms with Crippen molar-refractivity contribution in [3.8, 4) is 0 Å². The highest BCUT2D eigenvalue weighted by atomic mass is 35.5. The maximum absolute atomic E-state index is 11.4. The number of ether oxygens (including phenoxy) is 2. The highest BCUT2D eigenvalue weighted by molar-refractivity contribution is 6.30. The van der Waals surface area contributed by atoms with Gasteiger partial charge in [-0.3, -0.25) is 9.59 Å². The summed E-state index contributed by atoms with van der Waals surface area (Å²) in [6, 6.07) is 14.5. The van der Waals surface area contributed by atoms with Crippen LogP contribution in [0.2, 0.25) is 10.0 Å². The number of halogens is 2. The number of benzene rings is 2. The molecule has 0 heterocycles. The number of nitroso groups, excluding NO2 is 1. The van der Waals surface area contributed by atoms with E-state index in [0.29, 0.717) is 36.2 Å². The topological polar surface area (TPSA) is 140 Å². The molecule has 0 bridgehead atoms. The molecule has 0 aliphatic heterocycles. The lowest BCUT2D eigenvalue weighted by Crippen LogP contribution is -2.66. The third-order valence-electron chi connectivity index (χ3n) is 4.69. The van der Waals surface area contributed by atoms with Crippen LogP contribution in [0.15, 0.2) is 48.5 Å². The van der Waals surface area contributed by atoms with E-state index < -0.39 is 0 Å². The maximum atomic E-state index is 11.4. The normalized spacial score (nSPS) is 11.7. The summed E-state index contributed by atoms with van der Waals surface area (Å²) in [6.45, 7) is 4.84. The molecule has 34 heavy (non-hydrogen) atoms. The summed E-state index contributed by atoms with van der Waals surface area (Å²) in [7, 11) is 0. The van der Waals surface area contributed by atoms with E-state index >= 15 is 0 Å². The van der Waals surface area contributed by atoms with Crippen LogP contribution in [-0.4, -0.2) is 43.7 Å². The largest absolute Gasteiger partial charge is 0.870 e. The first-order valence-corrected chi connectivity index (χ1v) is 11.5. The molecule has 0 spiro atoms. The van der Waals surface area contributed by atoms with Crippen LogP contribution in [0.4, 0.5) is 0 Å². The predicted molar refractivity (Wildman–Crippen MR) is 131 cm³/mol. The van der Waals surface area contributed by atoms with Crippen LogP contribution >= 0.6 is 23.2 Å². The first-order valence-electron chi connectivity index (χ1n) is 10.7. The molecule has 2 aromatic rings. The molecule has 0 aliphatic carbocycles. The number of carbonyl (C=O) groups is 2. The van der Waals surface area contributed by atoms with E-state index in [1.807, 2.05) is 29.4 Å². The molecule has 2 aromatic carbocycles. The van der Waals surface area contributed by atoms with Gasteiger partial charge >= 0.3 is 11.9 Å². The minimum Gasteiger partial charge on any atom is -0.870 e. The maximum Gasteiger partial charge on any atom is 0.306 e. The Morgan fingerprint density at radius 1 is 0.882 bits per heavy atom. The Morgan fingerprint density at radius 3 is 1.71 bits per heavy atom. The van der Waals surface area contributed by atoms with Crippen LogP contribution in [0, 0.1) is 4.91 Å². The highest BCUT2D eigenvalue weighted by Gasteiger charge is 2.20. The van der Waals surface area contributed by atoms with Gasteiger partial charge in [0.1, 0.15) is 0 Å². The van der Waals surface area contributed by atoms with E-state index in [-0.39, 0.29) is 42.2 Å². The van der Waals surface area contributed by atoms with Crippen molar-refractivity contribution < 1.29 is 29.7 Å². The Bertz CT molecular complexity index is 897. The minimum absolute atomic E-state index is 0. The Hall–Kier alpha value is -2.52. The van der Waals surface area contributed by atoms with Gasteiger partial charge in [-0.05, 0) is 61.0 Å². The number of esters is 2. The summed E-state index contributed by atoms with van der Waals surface area (Å²) in [4.78, 5) is 33.3. The number of rotatable bonds is 11. The van der Waals surface area contributed by atoms with Crippen molar-refractivity contribution in [3.05, 3.63) is 74.6 Å². The highest BCUT2D eigenvalue weighted by Crippen LogP contribution is 2.23. The van der Waals surface area contributed by atoms with E-state index in [4.69, 9.17) is 38.4 Å². The molecule has 0 saturated heterocycles. The molecule has 0 fully saturated rings. The number of hydrogen-bond donors (Lipinski definition) is 2. The molecule has 0 radical (unpaired) electrons. The van der Waals surface area contributed by atoms with Crippen LogP contribution in [-0.2, 0) is 19.1 Å². The van der Waals surface area contributed by atoms with E-state index in [1.54, 1.807) is 38.1 Å². The van der Waals surface area contributed by atoms with Crippen molar-refractivity contribution in [2.75, 3.05) is 26.3 Å². The predicted octanol–water partition coefficient (Wildman–Crippen LogP) is 3.38. The van der Waals surface area contributed by atoms with E-state index in [0.717, 1.165) is 11.1 Å². The van der Waals surface area contributed by atoms with Gasteiger partial charge in [-0.1, -0.05) is 47.5 Å². The summed E-state index contributed by atoms with van der Waals surface area (Å²) < 4.78 is 9.77. The Morgan fingerprint density at radius 2 is 1.32 bits per heavy atom. The van der Waals surface area contributed by atoms with Crippen molar-refractivity contribution in [2.45, 2.75) is 38.5 Å². The summed E-state index contributed by atoms with van der Waals surface area (Å²) in [5.74, 6) is -0.784. The SMILES string of the molecule is CCOC(=O)CC(CN)c1cccc(Cl)c1.CCOC(=O)CC(C[NH+]=O)c1cccc(Cl)c1.[OH-]. The lowest BCUT2D eigenvalue weighted by atomic mass is 9.96. The zero-order chi connectivity index (χ0) is 24.6. The number of nitrogens with one attached hydrogen (secondary N) is 1. The molecule has 2 atom stereocenters. The van der Waals surface area contributed by atoms with E-state index in [9.17, 15) is 14.5 Å². The second-order valence-electron chi connectivity index (χ2n) is 7.11. The number of hydrogen-bond acceptors (Lipinski definition) is 7. The van der Waals surface area contributed by atoms with Crippen LogP contribution < -0.4 is 10.9 Å². The molecule has 8 nitrogen and oxygen atoms in total. The van der Waals surface area contributed by atoms with Crippen molar-refractivity contribution in [1.29, 1.82) is 0 Å². The quantitative estimate of drug-likeness (QED) is 0.437. The smallest absolute Gasteiger partial charge is 0.306 e. The first-order chi connectivity index (χ1) is 15.8. The number of nitrogens with two attached hydrogens (primary N) is 1. The van der Waals surface area contributed by atoms with Gasteiger partial charge in [0.15, 0.2) is 6.54 Å². The molecule has 2 unspecified atom stereocenters. The molecule has 0 saturated carbocycles. The van der Waals surface area contributed by atoms with Gasteiger partial charge < -0.3 is 20.7 Å². The van der Waals surface area contributed by atoms with Gasteiger partial charge in [0.2, 0.25) is 0 Å². The molecular formula is C24H32Cl2N2O6. The van der Waals surface area contributed by atoms with Crippen LogP contribution in [0.1, 0.15) is 49.7 Å². The van der Waals surface area contributed by atoms with Crippen LogP contribution in [0.25, 0.3) is 0 Å². The van der Waals surface area contributed by atoms with Gasteiger partial charge in [-0.15, -0.1) is 0 Å².